The molecule has 1 saturated heterocycles. The van der Waals surface area contributed by atoms with E-state index in [1.165, 1.54) is 10.5 Å². The number of hydrogen-bond donors (Lipinski definition) is 2. The fourth-order valence-corrected chi connectivity index (χ4v) is 3.87. The summed E-state index contributed by atoms with van der Waals surface area (Å²) in [5.41, 5.74) is 1.24. The lowest BCUT2D eigenvalue weighted by Crippen LogP contribution is -2.40. The molecule has 2 aromatic rings. The monoisotopic (exact) mass is 377 g/mol. The van der Waals surface area contributed by atoms with E-state index >= 15 is 0 Å². The third kappa shape index (κ3) is 4.61. The maximum atomic E-state index is 12.2. The molecular formula is C17H23N5O3S. The highest BCUT2D eigenvalue weighted by Crippen LogP contribution is 2.15. The van der Waals surface area contributed by atoms with Crippen LogP contribution in [0.15, 0.2) is 42.7 Å². The second-order valence-corrected chi connectivity index (χ2v) is 8.22. The molecule has 8 nitrogen and oxygen atoms in total. The van der Waals surface area contributed by atoms with Crippen molar-refractivity contribution in [2.24, 2.45) is 5.14 Å². The Bertz CT molecular complexity index is 850. The first-order chi connectivity index (χ1) is 12.4. The first-order valence-corrected chi connectivity index (χ1v) is 10.1. The van der Waals surface area contributed by atoms with Gasteiger partial charge in [0.1, 0.15) is 5.82 Å². The summed E-state index contributed by atoms with van der Waals surface area (Å²) in [6, 6.07) is 9.86. The lowest BCUT2D eigenvalue weighted by Gasteiger charge is -2.17. The van der Waals surface area contributed by atoms with Gasteiger partial charge in [0.05, 0.1) is 11.8 Å². The quantitative estimate of drug-likeness (QED) is 0.772. The molecule has 1 aromatic heterocycles. The largest absolute Gasteiger partial charge is 0.333 e. The molecule has 0 spiro atoms. The highest BCUT2D eigenvalue weighted by Gasteiger charge is 2.33. The Morgan fingerprint density at radius 2 is 2.08 bits per heavy atom. The van der Waals surface area contributed by atoms with Gasteiger partial charge in [-0.25, -0.2) is 23.3 Å². The van der Waals surface area contributed by atoms with Gasteiger partial charge in [-0.1, -0.05) is 30.3 Å². The van der Waals surface area contributed by atoms with E-state index < -0.39 is 15.3 Å². The van der Waals surface area contributed by atoms with Crippen LogP contribution in [-0.2, 0) is 29.5 Å². The van der Waals surface area contributed by atoms with Gasteiger partial charge >= 0.3 is 6.03 Å². The second kappa shape index (κ2) is 7.88. The number of likely N-dealkylation sites (tertiary alicyclic amines) is 1. The van der Waals surface area contributed by atoms with E-state index in [0.29, 0.717) is 13.0 Å². The predicted octanol–water partition coefficient (Wildman–Crippen LogP) is 0.698. The zero-order chi connectivity index (χ0) is 18.6. The van der Waals surface area contributed by atoms with E-state index in [0.717, 1.165) is 18.8 Å². The maximum Gasteiger partial charge on any atom is 0.317 e. The van der Waals surface area contributed by atoms with Gasteiger partial charge in [-0.05, 0) is 18.4 Å². The van der Waals surface area contributed by atoms with Crippen LogP contribution >= 0.6 is 0 Å². The standard InChI is InChI=1S/C17H23N5O3S/c18-26(24,25)15-7-10-22(13-15)17(23)20-12-16-19-8-11-21(16)9-6-14-4-2-1-3-5-14/h1-5,8,11,15H,6-7,9-10,12-13H2,(H,20,23)(H2,18,24,25)/t15-/m0/s1. The lowest BCUT2D eigenvalue weighted by molar-refractivity contribution is 0.208. The van der Waals surface area contributed by atoms with E-state index in [2.05, 4.69) is 22.4 Å². The number of nitrogens with one attached hydrogen (secondary N) is 1. The van der Waals surface area contributed by atoms with Gasteiger partial charge in [0.25, 0.3) is 0 Å². The molecular weight excluding hydrogens is 354 g/mol. The Morgan fingerprint density at radius 3 is 2.77 bits per heavy atom. The highest BCUT2D eigenvalue weighted by atomic mass is 32.2. The van der Waals surface area contributed by atoms with Crippen LogP contribution in [0, 0.1) is 0 Å². The summed E-state index contributed by atoms with van der Waals surface area (Å²) < 4.78 is 24.8. The third-order valence-electron chi connectivity index (χ3n) is 4.58. The normalized spacial score (nSPS) is 17.4. The number of aromatic nitrogens is 2. The molecule has 1 aromatic carbocycles. The molecule has 26 heavy (non-hydrogen) atoms. The van der Waals surface area contributed by atoms with E-state index in [9.17, 15) is 13.2 Å². The van der Waals surface area contributed by atoms with Crippen molar-refractivity contribution in [3.05, 3.63) is 54.1 Å². The number of hydrogen-bond acceptors (Lipinski definition) is 4. The van der Waals surface area contributed by atoms with Gasteiger partial charge in [-0.15, -0.1) is 0 Å². The van der Waals surface area contributed by atoms with Crippen LogP contribution in [-0.4, -0.2) is 47.2 Å². The van der Waals surface area contributed by atoms with Crippen molar-refractivity contribution >= 4 is 16.1 Å². The predicted molar refractivity (Wildman–Crippen MR) is 97.7 cm³/mol. The zero-order valence-electron chi connectivity index (χ0n) is 14.4. The molecule has 1 fully saturated rings. The molecule has 2 amide bonds. The van der Waals surface area contributed by atoms with Crippen molar-refractivity contribution in [1.29, 1.82) is 0 Å². The van der Waals surface area contributed by atoms with Crippen LogP contribution in [0.1, 0.15) is 17.8 Å². The number of imidazole rings is 1. The highest BCUT2D eigenvalue weighted by molar-refractivity contribution is 7.89. The summed E-state index contributed by atoms with van der Waals surface area (Å²) in [5, 5.41) is 7.28. The van der Waals surface area contributed by atoms with Crippen molar-refractivity contribution < 1.29 is 13.2 Å². The molecule has 9 heteroatoms. The molecule has 3 rings (SSSR count). The van der Waals surface area contributed by atoms with Gasteiger partial charge in [0.2, 0.25) is 10.0 Å². The smallest absolute Gasteiger partial charge is 0.317 e. The minimum absolute atomic E-state index is 0.132. The van der Waals surface area contributed by atoms with Crippen LogP contribution < -0.4 is 10.5 Å². The van der Waals surface area contributed by atoms with Crippen molar-refractivity contribution in [2.45, 2.75) is 31.2 Å². The Kier molecular flexibility index (Phi) is 5.58. The van der Waals surface area contributed by atoms with Crippen LogP contribution in [0.25, 0.3) is 0 Å². The average Bonchev–Trinajstić information content (AvgIpc) is 3.28. The molecule has 140 valence electrons. The Morgan fingerprint density at radius 1 is 1.31 bits per heavy atom. The van der Waals surface area contributed by atoms with Crippen LogP contribution in [0.5, 0.6) is 0 Å². The zero-order valence-corrected chi connectivity index (χ0v) is 15.2. The summed E-state index contributed by atoms with van der Waals surface area (Å²) >= 11 is 0. The summed E-state index contributed by atoms with van der Waals surface area (Å²) in [5.74, 6) is 0.761. The molecule has 3 N–H and O–H groups in total. The number of rotatable bonds is 6. The Balaban J connectivity index is 1.51. The number of carbonyl (C=O) groups excluding carboxylic acids is 1. The second-order valence-electron chi connectivity index (χ2n) is 6.38. The number of amides is 2. The number of primary sulfonamides is 1. The average molecular weight is 377 g/mol. The van der Waals surface area contributed by atoms with Gasteiger partial charge in [0, 0.05) is 32.0 Å². The number of sulfonamides is 1. The van der Waals surface area contributed by atoms with E-state index in [1.807, 2.05) is 29.0 Å². The van der Waals surface area contributed by atoms with Crippen LogP contribution in [0.4, 0.5) is 4.79 Å². The fraction of sp³-hybridized carbons (Fsp3) is 0.412. The molecule has 0 saturated carbocycles. The molecule has 1 atom stereocenters. The maximum absolute atomic E-state index is 12.2. The Hall–Kier alpha value is -2.39. The van der Waals surface area contributed by atoms with Crippen molar-refractivity contribution in [3.8, 4) is 0 Å². The first-order valence-electron chi connectivity index (χ1n) is 8.52. The summed E-state index contributed by atoms with van der Waals surface area (Å²) in [6.45, 7) is 1.58. The van der Waals surface area contributed by atoms with Crippen LogP contribution in [0.3, 0.4) is 0 Å². The molecule has 1 aliphatic heterocycles. The number of urea groups is 1. The van der Waals surface area contributed by atoms with Crippen LogP contribution in [0.2, 0.25) is 0 Å². The number of nitrogens with two attached hydrogens (primary N) is 1. The third-order valence-corrected chi connectivity index (χ3v) is 5.89. The molecule has 0 unspecified atom stereocenters. The van der Waals surface area contributed by atoms with E-state index in [-0.39, 0.29) is 19.1 Å². The van der Waals surface area contributed by atoms with Crippen molar-refractivity contribution in [1.82, 2.24) is 19.8 Å². The Labute approximate surface area is 153 Å². The van der Waals surface area contributed by atoms with Gasteiger partial charge in [-0.2, -0.15) is 0 Å². The number of aryl methyl sites for hydroxylation is 2. The van der Waals surface area contributed by atoms with Gasteiger partial charge in [-0.3, -0.25) is 0 Å². The molecule has 0 aliphatic carbocycles. The minimum atomic E-state index is -3.61. The SMILES string of the molecule is NS(=O)(=O)[C@H]1CCN(C(=O)NCc2nccn2CCc2ccccc2)C1. The van der Waals surface area contributed by atoms with Gasteiger partial charge < -0.3 is 14.8 Å². The number of carbonyl (C=O) groups is 1. The number of nitrogens with zero attached hydrogens (tertiary/aromatic N) is 3. The van der Waals surface area contributed by atoms with E-state index in [4.69, 9.17) is 5.14 Å². The molecule has 2 heterocycles. The topological polar surface area (TPSA) is 110 Å². The summed E-state index contributed by atoms with van der Waals surface area (Å²) in [4.78, 5) is 18.0. The molecule has 0 radical (unpaired) electrons. The summed E-state index contributed by atoms with van der Waals surface area (Å²) in [7, 11) is -3.61. The lowest BCUT2D eigenvalue weighted by atomic mass is 10.1. The fourth-order valence-electron chi connectivity index (χ4n) is 3.05. The first kappa shape index (κ1) is 18.4. The van der Waals surface area contributed by atoms with Crippen molar-refractivity contribution in [2.75, 3.05) is 13.1 Å². The molecule has 0 bridgehead atoms. The summed E-state index contributed by atoms with van der Waals surface area (Å²) in [6.07, 6.45) is 4.84. The van der Waals surface area contributed by atoms with Crippen molar-refractivity contribution in [3.63, 3.8) is 0 Å². The van der Waals surface area contributed by atoms with Gasteiger partial charge in [0.15, 0.2) is 0 Å². The number of benzene rings is 1. The van der Waals surface area contributed by atoms with E-state index in [1.54, 1.807) is 6.20 Å². The molecule has 1 aliphatic rings. The minimum Gasteiger partial charge on any atom is -0.333 e.